The van der Waals surface area contributed by atoms with E-state index in [0.29, 0.717) is 0 Å². The van der Waals surface area contributed by atoms with Crippen molar-refractivity contribution in [2.45, 2.75) is 19.3 Å². The van der Waals surface area contributed by atoms with Crippen LogP contribution >= 0.6 is 11.6 Å². The lowest BCUT2D eigenvalue weighted by molar-refractivity contribution is 0.890. The van der Waals surface area contributed by atoms with E-state index in [4.69, 9.17) is 11.6 Å². The highest BCUT2D eigenvalue weighted by atomic mass is 35.5. The number of allylic oxidation sites excluding steroid dienone is 2. The second-order valence-electron chi connectivity index (χ2n) is 3.87. The average Bonchev–Trinajstić information content (AvgIpc) is 2.60. The molecule has 0 aromatic heterocycles. The molecule has 0 fully saturated rings. The number of aliphatic imine (C=N–C) groups is 1. The number of halogens is 1. The summed E-state index contributed by atoms with van der Waals surface area (Å²) in [6.07, 6.45) is 5.25. The summed E-state index contributed by atoms with van der Waals surface area (Å²) < 4.78 is 0. The summed E-state index contributed by atoms with van der Waals surface area (Å²) in [6.45, 7) is 0. The van der Waals surface area contributed by atoms with Crippen LogP contribution in [0.4, 0.5) is 5.69 Å². The smallest absolute Gasteiger partial charge is 0.0660 e. The van der Waals surface area contributed by atoms with Gasteiger partial charge in [0.15, 0.2) is 0 Å². The first kappa shape index (κ1) is 8.98. The standard InChI is InChI=1S/C12H11ClN2/c13-9-4-1-3-8-7-14-10-5-2-6-11(10)15-12(8)9/h1,3-4,7,15H,2,5-6H2. The maximum absolute atomic E-state index is 6.16. The van der Waals surface area contributed by atoms with Gasteiger partial charge in [-0.1, -0.05) is 23.7 Å². The molecule has 1 aliphatic heterocycles. The summed E-state index contributed by atoms with van der Waals surface area (Å²) in [5.41, 5.74) is 4.48. The number of fused-ring (bicyclic) bond motifs is 1. The first-order chi connectivity index (χ1) is 7.34. The minimum Gasteiger partial charge on any atom is -0.356 e. The predicted octanol–water partition coefficient (Wildman–Crippen LogP) is 3.58. The Morgan fingerprint density at radius 2 is 2.20 bits per heavy atom. The van der Waals surface area contributed by atoms with Gasteiger partial charge in [-0.15, -0.1) is 0 Å². The Morgan fingerprint density at radius 3 is 3.13 bits per heavy atom. The number of para-hydroxylation sites is 1. The van der Waals surface area contributed by atoms with Gasteiger partial charge in [-0.05, 0) is 25.3 Å². The van der Waals surface area contributed by atoms with Crippen molar-refractivity contribution >= 4 is 23.5 Å². The molecule has 0 saturated heterocycles. The lowest BCUT2D eigenvalue weighted by Crippen LogP contribution is -1.99. The summed E-state index contributed by atoms with van der Waals surface area (Å²) >= 11 is 6.16. The third-order valence-corrected chi connectivity index (χ3v) is 3.18. The molecule has 3 heteroatoms. The minimum atomic E-state index is 0.764. The van der Waals surface area contributed by atoms with Gasteiger partial charge in [0, 0.05) is 17.5 Å². The second kappa shape index (κ2) is 3.38. The Labute approximate surface area is 93.7 Å². The fraction of sp³-hybridized carbons (Fsp3) is 0.250. The maximum atomic E-state index is 6.16. The van der Waals surface area contributed by atoms with Crippen LogP contribution in [0.1, 0.15) is 24.8 Å². The number of nitrogens with one attached hydrogen (secondary N) is 1. The van der Waals surface area contributed by atoms with Crippen molar-refractivity contribution in [1.29, 1.82) is 0 Å². The van der Waals surface area contributed by atoms with Gasteiger partial charge in [-0.2, -0.15) is 0 Å². The van der Waals surface area contributed by atoms with E-state index in [2.05, 4.69) is 10.3 Å². The molecule has 0 radical (unpaired) electrons. The fourth-order valence-corrected chi connectivity index (χ4v) is 2.31. The zero-order valence-corrected chi connectivity index (χ0v) is 9.01. The van der Waals surface area contributed by atoms with Crippen LogP contribution in [0.25, 0.3) is 0 Å². The zero-order valence-electron chi connectivity index (χ0n) is 8.26. The SMILES string of the molecule is Clc1cccc2c1NC1=C(CCC1)N=C2. The van der Waals surface area contributed by atoms with E-state index in [1.165, 1.54) is 17.8 Å². The van der Waals surface area contributed by atoms with Crippen LogP contribution < -0.4 is 5.32 Å². The van der Waals surface area contributed by atoms with Crippen molar-refractivity contribution in [3.8, 4) is 0 Å². The molecule has 2 nitrogen and oxygen atoms in total. The molecule has 1 aromatic carbocycles. The van der Waals surface area contributed by atoms with Crippen LogP contribution in [0, 0.1) is 0 Å². The lowest BCUT2D eigenvalue weighted by Gasteiger charge is -2.10. The van der Waals surface area contributed by atoms with E-state index >= 15 is 0 Å². The van der Waals surface area contributed by atoms with Crippen LogP contribution in [0.2, 0.25) is 5.02 Å². The van der Waals surface area contributed by atoms with Gasteiger partial charge < -0.3 is 5.32 Å². The number of rotatable bonds is 0. The van der Waals surface area contributed by atoms with Gasteiger partial charge in [-0.25, -0.2) is 0 Å². The van der Waals surface area contributed by atoms with Crippen molar-refractivity contribution in [3.05, 3.63) is 40.2 Å². The monoisotopic (exact) mass is 218 g/mol. The van der Waals surface area contributed by atoms with Crippen LogP contribution in [-0.4, -0.2) is 6.21 Å². The molecule has 0 unspecified atom stereocenters. The molecule has 0 spiro atoms. The Bertz CT molecular complexity index is 475. The van der Waals surface area contributed by atoms with E-state index < -0.39 is 0 Å². The molecule has 0 amide bonds. The quantitative estimate of drug-likeness (QED) is 0.707. The molecule has 2 aliphatic rings. The first-order valence-corrected chi connectivity index (χ1v) is 5.54. The third kappa shape index (κ3) is 1.45. The van der Waals surface area contributed by atoms with Crippen LogP contribution in [-0.2, 0) is 0 Å². The van der Waals surface area contributed by atoms with Crippen molar-refractivity contribution in [2.24, 2.45) is 4.99 Å². The molecule has 1 N–H and O–H groups in total. The molecular weight excluding hydrogens is 208 g/mol. The van der Waals surface area contributed by atoms with Crippen LogP contribution in [0.3, 0.4) is 0 Å². The Morgan fingerprint density at radius 1 is 1.27 bits per heavy atom. The molecule has 0 saturated carbocycles. The lowest BCUT2D eigenvalue weighted by atomic mass is 10.2. The average molecular weight is 219 g/mol. The van der Waals surface area contributed by atoms with Gasteiger partial charge in [0.25, 0.3) is 0 Å². The van der Waals surface area contributed by atoms with Gasteiger partial charge in [0.05, 0.1) is 16.4 Å². The molecule has 1 aromatic rings. The molecule has 76 valence electrons. The van der Waals surface area contributed by atoms with Gasteiger partial charge in [-0.3, -0.25) is 4.99 Å². The third-order valence-electron chi connectivity index (χ3n) is 2.87. The second-order valence-corrected chi connectivity index (χ2v) is 4.27. The Kier molecular flexibility index (Phi) is 2.03. The van der Waals surface area contributed by atoms with Crippen molar-refractivity contribution in [2.75, 3.05) is 5.32 Å². The topological polar surface area (TPSA) is 24.4 Å². The van der Waals surface area contributed by atoms with Crippen molar-refractivity contribution in [3.63, 3.8) is 0 Å². The molecule has 0 bridgehead atoms. The number of hydrogen-bond acceptors (Lipinski definition) is 2. The van der Waals surface area contributed by atoms with E-state index in [1.807, 2.05) is 24.4 Å². The number of nitrogens with zero attached hydrogens (tertiary/aromatic N) is 1. The highest BCUT2D eigenvalue weighted by Crippen LogP contribution is 2.34. The largest absolute Gasteiger partial charge is 0.356 e. The predicted molar refractivity (Wildman–Crippen MR) is 63.5 cm³/mol. The molecule has 15 heavy (non-hydrogen) atoms. The molecule has 0 atom stereocenters. The van der Waals surface area contributed by atoms with Crippen LogP contribution in [0.5, 0.6) is 0 Å². The van der Waals surface area contributed by atoms with E-state index in [0.717, 1.165) is 29.1 Å². The van der Waals surface area contributed by atoms with Gasteiger partial charge >= 0.3 is 0 Å². The van der Waals surface area contributed by atoms with Gasteiger partial charge in [0.1, 0.15) is 0 Å². The molecule has 3 rings (SSSR count). The Balaban J connectivity index is 2.13. The highest BCUT2D eigenvalue weighted by molar-refractivity contribution is 6.34. The van der Waals surface area contributed by atoms with Gasteiger partial charge in [0.2, 0.25) is 0 Å². The van der Waals surface area contributed by atoms with Crippen molar-refractivity contribution < 1.29 is 0 Å². The number of hydrogen-bond donors (Lipinski definition) is 1. The molecule has 1 aliphatic carbocycles. The normalized spacial score (nSPS) is 18.2. The van der Waals surface area contributed by atoms with E-state index in [9.17, 15) is 0 Å². The van der Waals surface area contributed by atoms with Crippen LogP contribution in [0.15, 0.2) is 34.6 Å². The molecular formula is C12H11ClN2. The summed E-state index contributed by atoms with van der Waals surface area (Å²) in [5, 5.41) is 4.18. The zero-order chi connectivity index (χ0) is 10.3. The minimum absolute atomic E-state index is 0.764. The Hall–Kier alpha value is -1.28. The fourth-order valence-electron chi connectivity index (χ4n) is 2.08. The van der Waals surface area contributed by atoms with E-state index in [1.54, 1.807) is 0 Å². The highest BCUT2D eigenvalue weighted by Gasteiger charge is 2.18. The first-order valence-electron chi connectivity index (χ1n) is 5.16. The maximum Gasteiger partial charge on any atom is 0.0660 e. The summed E-state index contributed by atoms with van der Waals surface area (Å²) in [5.74, 6) is 0. The summed E-state index contributed by atoms with van der Waals surface area (Å²) in [4.78, 5) is 4.50. The number of anilines is 1. The number of benzene rings is 1. The summed E-state index contributed by atoms with van der Waals surface area (Å²) in [7, 11) is 0. The summed E-state index contributed by atoms with van der Waals surface area (Å²) in [6, 6.07) is 5.88. The molecule has 1 heterocycles. The van der Waals surface area contributed by atoms with E-state index in [-0.39, 0.29) is 0 Å². The van der Waals surface area contributed by atoms with Crippen molar-refractivity contribution in [1.82, 2.24) is 0 Å².